The number of rotatable bonds is 7. The molecule has 0 atom stereocenters. The highest BCUT2D eigenvalue weighted by molar-refractivity contribution is 7.89. The molecular formula is C20H25N5O5S. The summed E-state index contributed by atoms with van der Waals surface area (Å²) in [5.74, 6) is -0.133. The zero-order valence-electron chi connectivity index (χ0n) is 18.0. The van der Waals surface area contributed by atoms with Gasteiger partial charge in [-0.15, -0.1) is 0 Å². The maximum Gasteiger partial charge on any atom is 0.266 e. The molecule has 3 rings (SSSR count). The van der Waals surface area contributed by atoms with E-state index in [2.05, 4.69) is 15.4 Å². The highest BCUT2D eigenvalue weighted by atomic mass is 32.2. The van der Waals surface area contributed by atoms with Crippen LogP contribution in [0.2, 0.25) is 0 Å². The zero-order chi connectivity index (χ0) is 22.9. The van der Waals surface area contributed by atoms with E-state index < -0.39 is 10.0 Å². The number of carbonyl (C=O) groups excluding carboxylic acids is 1. The Morgan fingerprint density at radius 1 is 1.26 bits per heavy atom. The maximum atomic E-state index is 12.7. The Labute approximate surface area is 179 Å². The number of H-pyrrole nitrogens is 1. The number of amides is 1. The number of fused-ring (bicyclic) bond motifs is 1. The van der Waals surface area contributed by atoms with Gasteiger partial charge in [0.05, 0.1) is 13.0 Å². The lowest BCUT2D eigenvalue weighted by molar-refractivity contribution is -0.115. The molecule has 0 radical (unpaired) electrons. The number of aromatic amines is 1. The smallest absolute Gasteiger partial charge is 0.266 e. The molecule has 2 heterocycles. The van der Waals surface area contributed by atoms with Crippen molar-refractivity contribution < 1.29 is 17.9 Å². The molecule has 10 nitrogen and oxygen atoms in total. The molecule has 0 bridgehead atoms. The van der Waals surface area contributed by atoms with Crippen LogP contribution < -0.4 is 15.6 Å². The van der Waals surface area contributed by atoms with Crippen LogP contribution in [0.4, 0.5) is 5.69 Å². The Hall–Kier alpha value is -3.18. The predicted octanol–water partition coefficient (Wildman–Crippen LogP) is 1.47. The van der Waals surface area contributed by atoms with Gasteiger partial charge in [0.25, 0.3) is 5.56 Å². The molecule has 2 aromatic heterocycles. The van der Waals surface area contributed by atoms with Crippen LogP contribution in [-0.2, 0) is 21.2 Å². The van der Waals surface area contributed by atoms with Gasteiger partial charge in [-0.1, -0.05) is 0 Å². The largest absolute Gasteiger partial charge is 0.492 e. The summed E-state index contributed by atoms with van der Waals surface area (Å²) in [6.45, 7) is 5.62. The van der Waals surface area contributed by atoms with Gasteiger partial charge in [-0.3, -0.25) is 14.7 Å². The fourth-order valence-corrected chi connectivity index (χ4v) is 4.29. The van der Waals surface area contributed by atoms with Crippen LogP contribution in [0.3, 0.4) is 0 Å². The average molecular weight is 448 g/mol. The number of sulfonamides is 1. The Kier molecular flexibility index (Phi) is 6.18. The number of anilines is 1. The lowest BCUT2D eigenvalue weighted by Crippen LogP contribution is -2.23. The zero-order valence-corrected chi connectivity index (χ0v) is 18.8. The summed E-state index contributed by atoms with van der Waals surface area (Å²) in [5, 5.41) is 5.38. The molecule has 11 heteroatoms. The first-order chi connectivity index (χ1) is 14.5. The van der Waals surface area contributed by atoms with Gasteiger partial charge >= 0.3 is 0 Å². The number of aryl methyl sites for hydroxylation is 2. The van der Waals surface area contributed by atoms with E-state index in [0.717, 1.165) is 4.31 Å². The van der Waals surface area contributed by atoms with Crippen LogP contribution >= 0.6 is 0 Å². The monoisotopic (exact) mass is 447 g/mol. The van der Waals surface area contributed by atoms with E-state index >= 15 is 0 Å². The minimum atomic E-state index is -3.77. The molecule has 0 aliphatic rings. The lowest BCUT2D eigenvalue weighted by atomic mass is 10.1. The fraction of sp³-hybridized carbons (Fsp3) is 0.350. The summed E-state index contributed by atoms with van der Waals surface area (Å²) in [6, 6.07) is 5.87. The number of nitrogens with zero attached hydrogens (tertiary/aromatic N) is 3. The second-order valence-corrected chi connectivity index (χ2v) is 9.30. The van der Waals surface area contributed by atoms with Crippen LogP contribution in [0, 0.1) is 13.8 Å². The van der Waals surface area contributed by atoms with Gasteiger partial charge < -0.3 is 10.1 Å². The number of ether oxygens (including phenoxy) is 1. The molecule has 31 heavy (non-hydrogen) atoms. The molecule has 0 fully saturated rings. The highest BCUT2D eigenvalue weighted by Crippen LogP contribution is 2.29. The first-order valence-electron chi connectivity index (χ1n) is 9.61. The second kappa shape index (κ2) is 8.52. The fourth-order valence-electron chi connectivity index (χ4n) is 3.24. The minimum absolute atomic E-state index is 0.00376. The molecule has 166 valence electrons. The Balaban J connectivity index is 1.90. The van der Waals surface area contributed by atoms with Crippen molar-refractivity contribution in [2.45, 2.75) is 32.1 Å². The van der Waals surface area contributed by atoms with Gasteiger partial charge in [0, 0.05) is 42.8 Å². The van der Waals surface area contributed by atoms with E-state index in [4.69, 9.17) is 4.74 Å². The molecule has 0 aliphatic carbocycles. The van der Waals surface area contributed by atoms with Crippen molar-refractivity contribution >= 4 is 27.3 Å². The molecule has 0 saturated carbocycles. The van der Waals surface area contributed by atoms with Crippen molar-refractivity contribution in [1.82, 2.24) is 18.9 Å². The summed E-state index contributed by atoms with van der Waals surface area (Å²) in [6.07, 6.45) is 0.00376. The number of carbonyl (C=O) groups is 1. The highest BCUT2D eigenvalue weighted by Gasteiger charge is 2.23. The van der Waals surface area contributed by atoms with E-state index in [1.54, 1.807) is 26.8 Å². The van der Waals surface area contributed by atoms with E-state index in [9.17, 15) is 18.0 Å². The molecule has 0 aliphatic heterocycles. The third-order valence-electron chi connectivity index (χ3n) is 4.83. The lowest BCUT2D eigenvalue weighted by Gasteiger charge is -2.17. The van der Waals surface area contributed by atoms with Crippen molar-refractivity contribution in [3.8, 4) is 5.75 Å². The van der Waals surface area contributed by atoms with Crippen LogP contribution in [0.5, 0.6) is 5.75 Å². The Morgan fingerprint density at radius 3 is 2.61 bits per heavy atom. The Morgan fingerprint density at radius 2 is 1.97 bits per heavy atom. The summed E-state index contributed by atoms with van der Waals surface area (Å²) in [4.78, 5) is 28.7. The summed E-state index contributed by atoms with van der Waals surface area (Å²) >= 11 is 0. The standard InChI is InChI=1S/C20H25N5O5S/c1-6-30-16-8-7-14(9-17(16)31(28,29)24(4)5)22-19(26)10-15-12(2)21-18-11-20(27)23-25(18)13(15)3/h7-9,11H,6,10H2,1-5H3,(H,22,26)(H,23,27). The van der Waals surface area contributed by atoms with Crippen molar-refractivity contribution in [1.29, 1.82) is 0 Å². The van der Waals surface area contributed by atoms with E-state index in [1.807, 2.05) is 0 Å². The van der Waals surface area contributed by atoms with Crippen LogP contribution in [0.25, 0.3) is 5.65 Å². The predicted molar refractivity (Wildman–Crippen MR) is 116 cm³/mol. The summed E-state index contributed by atoms with van der Waals surface area (Å²) in [7, 11) is -0.918. The SMILES string of the molecule is CCOc1ccc(NC(=O)Cc2c(C)nc3cc(=O)[nH]n3c2C)cc1S(=O)(=O)N(C)C. The number of hydrogen-bond donors (Lipinski definition) is 2. The molecule has 1 amide bonds. The van der Waals surface area contributed by atoms with Gasteiger partial charge in [-0.05, 0) is 39.0 Å². The number of nitrogens with one attached hydrogen (secondary N) is 2. The van der Waals surface area contributed by atoms with Crippen molar-refractivity contribution in [2.24, 2.45) is 0 Å². The molecule has 0 unspecified atom stereocenters. The van der Waals surface area contributed by atoms with Gasteiger partial charge in [0.15, 0.2) is 5.65 Å². The topological polar surface area (TPSA) is 126 Å². The van der Waals surface area contributed by atoms with Crippen molar-refractivity contribution in [3.05, 3.63) is 51.6 Å². The normalized spacial score (nSPS) is 11.8. The average Bonchev–Trinajstić information content (AvgIpc) is 3.06. The molecule has 1 aromatic carbocycles. The van der Waals surface area contributed by atoms with E-state index in [0.29, 0.717) is 34.9 Å². The van der Waals surface area contributed by atoms with Crippen molar-refractivity contribution in [3.63, 3.8) is 0 Å². The molecule has 0 saturated heterocycles. The van der Waals surface area contributed by atoms with Crippen LogP contribution in [-0.4, -0.2) is 53.9 Å². The quantitative estimate of drug-likeness (QED) is 0.565. The van der Waals surface area contributed by atoms with Crippen molar-refractivity contribution in [2.75, 3.05) is 26.0 Å². The second-order valence-electron chi connectivity index (χ2n) is 7.18. The summed E-state index contributed by atoms with van der Waals surface area (Å²) in [5.41, 5.74) is 2.53. The number of hydrogen-bond acceptors (Lipinski definition) is 6. The molecular weight excluding hydrogens is 422 g/mol. The van der Waals surface area contributed by atoms with Gasteiger partial charge in [0.1, 0.15) is 10.6 Å². The molecule has 3 aromatic rings. The molecule has 2 N–H and O–H groups in total. The maximum absolute atomic E-state index is 12.7. The Bertz CT molecular complexity index is 1310. The third kappa shape index (κ3) is 4.47. The number of benzene rings is 1. The minimum Gasteiger partial charge on any atom is -0.492 e. The number of aromatic nitrogens is 3. The van der Waals surface area contributed by atoms with Gasteiger partial charge in [-0.2, -0.15) is 0 Å². The third-order valence-corrected chi connectivity index (χ3v) is 6.66. The van der Waals surface area contributed by atoms with Gasteiger partial charge in [0.2, 0.25) is 15.9 Å². The van der Waals surface area contributed by atoms with E-state index in [1.165, 1.54) is 36.8 Å². The molecule has 0 spiro atoms. The first-order valence-corrected chi connectivity index (χ1v) is 11.1. The van der Waals surface area contributed by atoms with Crippen LogP contribution in [0.15, 0.2) is 34.0 Å². The van der Waals surface area contributed by atoms with Gasteiger partial charge in [-0.25, -0.2) is 22.2 Å². The van der Waals surface area contributed by atoms with E-state index in [-0.39, 0.29) is 28.5 Å². The first kappa shape index (κ1) is 22.5. The van der Waals surface area contributed by atoms with Crippen LogP contribution in [0.1, 0.15) is 23.9 Å². The summed E-state index contributed by atoms with van der Waals surface area (Å²) < 4.78 is 33.4.